The van der Waals surface area contributed by atoms with Gasteiger partial charge in [0.05, 0.1) is 0 Å². The molecular formula is C11H12BrN. The van der Waals surface area contributed by atoms with E-state index in [0.29, 0.717) is 0 Å². The highest BCUT2D eigenvalue weighted by molar-refractivity contribution is 9.08. The lowest BCUT2D eigenvalue weighted by molar-refractivity contribution is 1.43. The van der Waals surface area contributed by atoms with E-state index < -0.39 is 0 Å². The van der Waals surface area contributed by atoms with Crippen molar-refractivity contribution in [2.24, 2.45) is 0 Å². The van der Waals surface area contributed by atoms with Crippen LogP contribution in [0.25, 0.3) is 17.0 Å². The first-order chi connectivity index (χ1) is 6.40. The maximum absolute atomic E-state index is 3.69. The normalized spacial score (nSPS) is 9.08. The zero-order valence-corrected chi connectivity index (χ0v) is 9.14. The van der Waals surface area contributed by atoms with Gasteiger partial charge in [0.25, 0.3) is 0 Å². The van der Waals surface area contributed by atoms with E-state index in [-0.39, 0.29) is 0 Å². The van der Waals surface area contributed by atoms with Crippen LogP contribution in [-0.4, -0.2) is 10.8 Å². The second-order valence-electron chi connectivity index (χ2n) is 2.52. The molecule has 2 aromatic rings. The molecule has 0 saturated carbocycles. The number of hydrogen-bond acceptors (Lipinski definition) is 0. The first-order valence-electron chi connectivity index (χ1n) is 3.98. The van der Waals surface area contributed by atoms with E-state index in [1.54, 1.807) is 0 Å². The molecule has 1 nitrogen and oxygen atoms in total. The zero-order chi connectivity index (χ0) is 9.68. The fraction of sp³-hybridized carbons (Fsp3) is 0.0909. The summed E-state index contributed by atoms with van der Waals surface area (Å²) in [5.74, 6) is 1.81. The summed E-state index contributed by atoms with van der Waals surface area (Å²) in [5.41, 5.74) is 2.24. The molecule has 13 heavy (non-hydrogen) atoms. The number of H-pyrrole nitrogens is 1. The van der Waals surface area contributed by atoms with Gasteiger partial charge in [0.15, 0.2) is 0 Å². The van der Waals surface area contributed by atoms with Crippen molar-refractivity contribution >= 4 is 32.9 Å². The van der Waals surface area contributed by atoms with E-state index in [0.717, 1.165) is 5.69 Å². The van der Waals surface area contributed by atoms with Crippen LogP contribution >= 0.6 is 15.9 Å². The lowest BCUT2D eigenvalue weighted by Gasteiger charge is -1.83. The number of alkyl halides is 1. The molecule has 1 N–H and O–H groups in total. The van der Waals surface area contributed by atoms with Crippen molar-refractivity contribution in [2.75, 3.05) is 5.83 Å². The van der Waals surface area contributed by atoms with Gasteiger partial charge in [0.2, 0.25) is 0 Å². The Labute approximate surface area is 86.6 Å². The van der Waals surface area contributed by atoms with Gasteiger partial charge in [-0.15, -0.1) is 0 Å². The molecule has 0 aliphatic carbocycles. The number of nitrogens with one attached hydrogen (secondary N) is 1. The van der Waals surface area contributed by atoms with Gasteiger partial charge in [-0.1, -0.05) is 40.7 Å². The largest absolute Gasteiger partial charge is 0.355 e. The van der Waals surface area contributed by atoms with Gasteiger partial charge in [0.1, 0.15) is 0 Å². The fourth-order valence-electron chi connectivity index (χ4n) is 1.21. The summed E-state index contributed by atoms with van der Waals surface area (Å²) in [7, 11) is 0. The van der Waals surface area contributed by atoms with Crippen molar-refractivity contribution in [2.45, 2.75) is 0 Å². The van der Waals surface area contributed by atoms with Crippen LogP contribution in [-0.2, 0) is 0 Å². The number of hydrogen-bond donors (Lipinski definition) is 1. The Morgan fingerprint density at radius 1 is 1.31 bits per heavy atom. The molecule has 2 rings (SSSR count). The molecule has 0 unspecified atom stereocenters. The fourth-order valence-corrected chi connectivity index (χ4v) is 1.21. The number of aromatic nitrogens is 1. The summed E-state index contributed by atoms with van der Waals surface area (Å²) >= 11 is 2.94. The highest BCUT2D eigenvalue weighted by Crippen LogP contribution is 2.14. The Balaban J connectivity index is 0.000000396. The lowest BCUT2D eigenvalue weighted by atomic mass is 10.2. The van der Waals surface area contributed by atoms with Crippen molar-refractivity contribution in [3.63, 3.8) is 0 Å². The molecule has 0 aliphatic rings. The predicted octanol–water partition coefficient (Wildman–Crippen LogP) is 3.82. The highest BCUT2D eigenvalue weighted by atomic mass is 79.9. The topological polar surface area (TPSA) is 15.8 Å². The molecule has 0 aliphatic heterocycles. The maximum atomic E-state index is 3.69. The zero-order valence-electron chi connectivity index (χ0n) is 7.55. The molecule has 1 heterocycles. The van der Waals surface area contributed by atoms with Gasteiger partial charge in [-0.25, -0.2) is 0 Å². The van der Waals surface area contributed by atoms with Crippen molar-refractivity contribution in [3.05, 3.63) is 42.6 Å². The van der Waals surface area contributed by atoms with Gasteiger partial charge in [-0.3, -0.25) is 0 Å². The minimum Gasteiger partial charge on any atom is -0.355 e. The quantitative estimate of drug-likeness (QED) is 0.727. The van der Waals surface area contributed by atoms with Crippen LogP contribution < -0.4 is 0 Å². The molecule has 0 amide bonds. The van der Waals surface area contributed by atoms with Crippen molar-refractivity contribution in [1.29, 1.82) is 0 Å². The number of para-hydroxylation sites is 1. The van der Waals surface area contributed by atoms with Crippen LogP contribution in [0.1, 0.15) is 5.69 Å². The number of halogens is 1. The Hall–Kier alpha value is -1.02. The third-order valence-corrected chi connectivity index (χ3v) is 1.77. The minimum absolute atomic E-state index is 1.08. The molecule has 0 atom stereocenters. The number of aromatic amines is 1. The predicted molar refractivity (Wildman–Crippen MR) is 63.2 cm³/mol. The van der Waals surface area contributed by atoms with Crippen molar-refractivity contribution in [3.8, 4) is 0 Å². The molecule has 0 radical (unpaired) electrons. The van der Waals surface area contributed by atoms with Crippen LogP contribution in [0.5, 0.6) is 0 Å². The van der Waals surface area contributed by atoms with Crippen LogP contribution in [0.3, 0.4) is 0 Å². The molecule has 1 aromatic heterocycles. The van der Waals surface area contributed by atoms with Crippen LogP contribution in [0.15, 0.2) is 36.9 Å². The SMILES string of the molecule is C=Cc1cc2ccccc2[nH]1.CBr. The molecule has 2 heteroatoms. The monoisotopic (exact) mass is 237 g/mol. The third-order valence-electron chi connectivity index (χ3n) is 1.77. The Morgan fingerprint density at radius 3 is 2.62 bits per heavy atom. The molecule has 0 fully saturated rings. The van der Waals surface area contributed by atoms with Crippen LogP contribution in [0.2, 0.25) is 0 Å². The van der Waals surface area contributed by atoms with Crippen LogP contribution in [0.4, 0.5) is 0 Å². The summed E-state index contributed by atoms with van der Waals surface area (Å²) in [5, 5.41) is 1.24. The molecule has 0 spiro atoms. The summed E-state index contributed by atoms with van der Waals surface area (Å²) in [4.78, 5) is 3.23. The number of rotatable bonds is 1. The first-order valence-corrected chi connectivity index (χ1v) is 5.57. The maximum Gasteiger partial charge on any atom is 0.0458 e. The Morgan fingerprint density at radius 2 is 2.00 bits per heavy atom. The van der Waals surface area contributed by atoms with E-state index in [2.05, 4.69) is 45.7 Å². The Kier molecular flexibility index (Phi) is 3.77. The number of fused-ring (bicyclic) bond motifs is 1. The minimum atomic E-state index is 1.08. The molecular weight excluding hydrogens is 226 g/mol. The third kappa shape index (κ3) is 2.22. The number of benzene rings is 1. The van der Waals surface area contributed by atoms with E-state index in [9.17, 15) is 0 Å². The highest BCUT2D eigenvalue weighted by Gasteiger charge is 1.93. The van der Waals surface area contributed by atoms with Gasteiger partial charge >= 0.3 is 0 Å². The summed E-state index contributed by atoms with van der Waals surface area (Å²) in [6.45, 7) is 3.69. The summed E-state index contributed by atoms with van der Waals surface area (Å²) in [6, 6.07) is 10.3. The molecule has 68 valence electrons. The van der Waals surface area contributed by atoms with Crippen molar-refractivity contribution < 1.29 is 0 Å². The van der Waals surface area contributed by atoms with Gasteiger partial charge in [-0.2, -0.15) is 0 Å². The van der Waals surface area contributed by atoms with Crippen molar-refractivity contribution in [1.82, 2.24) is 4.98 Å². The smallest absolute Gasteiger partial charge is 0.0458 e. The Bertz CT molecular complexity index is 357. The standard InChI is InChI=1S/C10H9N.CH3Br/c1-2-9-7-8-5-3-4-6-10(8)11-9;1-2/h2-7,11H,1H2;1H3. The van der Waals surface area contributed by atoms with E-state index >= 15 is 0 Å². The summed E-state index contributed by atoms with van der Waals surface area (Å²) in [6.07, 6.45) is 1.82. The van der Waals surface area contributed by atoms with Gasteiger partial charge in [-0.05, 0) is 29.4 Å². The van der Waals surface area contributed by atoms with E-state index in [1.165, 1.54) is 10.9 Å². The second-order valence-corrected chi connectivity index (χ2v) is 2.52. The van der Waals surface area contributed by atoms with E-state index in [4.69, 9.17) is 0 Å². The average molecular weight is 238 g/mol. The van der Waals surface area contributed by atoms with Crippen LogP contribution in [0, 0.1) is 0 Å². The van der Waals surface area contributed by atoms with Gasteiger partial charge < -0.3 is 4.98 Å². The second kappa shape index (κ2) is 4.87. The van der Waals surface area contributed by atoms with E-state index in [1.807, 2.05) is 24.0 Å². The molecule has 0 saturated heterocycles. The summed E-state index contributed by atoms with van der Waals surface area (Å²) < 4.78 is 0. The van der Waals surface area contributed by atoms with Gasteiger partial charge in [0, 0.05) is 11.2 Å². The first kappa shape index (κ1) is 10.1. The lowest BCUT2D eigenvalue weighted by Crippen LogP contribution is -1.65. The average Bonchev–Trinajstić information content (AvgIpc) is 2.63. The molecule has 1 aromatic carbocycles. The molecule has 0 bridgehead atoms.